The second kappa shape index (κ2) is 10.6. The average Bonchev–Trinajstić information content (AvgIpc) is 3.24. The lowest BCUT2D eigenvalue weighted by Gasteiger charge is -2.09. The minimum absolute atomic E-state index is 0.0417. The van der Waals surface area contributed by atoms with Gasteiger partial charge in [0.25, 0.3) is 11.8 Å². The summed E-state index contributed by atoms with van der Waals surface area (Å²) in [5.41, 5.74) is 3.74. The lowest BCUT2D eigenvalue weighted by Crippen LogP contribution is -2.26. The van der Waals surface area contributed by atoms with Crippen LogP contribution in [0.15, 0.2) is 84.9 Å². The predicted octanol–water partition coefficient (Wildman–Crippen LogP) is 6.30. The summed E-state index contributed by atoms with van der Waals surface area (Å²) in [4.78, 5) is 25.4. The second-order valence-corrected chi connectivity index (χ2v) is 9.09. The van der Waals surface area contributed by atoms with E-state index in [1.165, 1.54) is 10.9 Å². The van der Waals surface area contributed by atoms with Gasteiger partial charge in [-0.1, -0.05) is 54.6 Å². The molecule has 0 unspecified atom stereocenters. The van der Waals surface area contributed by atoms with E-state index in [0.717, 1.165) is 47.5 Å². The number of benzene rings is 4. The normalized spacial score (nSPS) is 11.2. The summed E-state index contributed by atoms with van der Waals surface area (Å²) in [6.45, 7) is 4.26. The van der Waals surface area contributed by atoms with Crippen LogP contribution in [0.1, 0.15) is 46.9 Å². The highest BCUT2D eigenvalue weighted by molar-refractivity contribution is 6.10. The fourth-order valence-electron chi connectivity index (χ4n) is 4.99. The summed E-state index contributed by atoms with van der Waals surface area (Å²) >= 11 is 0. The Labute approximate surface area is 211 Å². The number of nitrogens with zero attached hydrogens (tertiary/aromatic N) is 1. The van der Waals surface area contributed by atoms with Crippen LogP contribution in [0.25, 0.3) is 32.6 Å². The summed E-state index contributed by atoms with van der Waals surface area (Å²) in [5.74, 6) is -0.0885. The molecule has 0 radical (unpaired) electrons. The van der Waals surface area contributed by atoms with Gasteiger partial charge in [0, 0.05) is 52.6 Å². The molecule has 5 heteroatoms. The number of fused-ring (bicyclic) bond motifs is 4. The number of hydrogen-bond acceptors (Lipinski definition) is 2. The molecule has 182 valence electrons. The Morgan fingerprint density at radius 2 is 1.33 bits per heavy atom. The highest BCUT2D eigenvalue weighted by Gasteiger charge is 2.13. The van der Waals surface area contributed by atoms with Gasteiger partial charge in [-0.25, -0.2) is 0 Å². The molecule has 5 nitrogen and oxygen atoms in total. The summed E-state index contributed by atoms with van der Waals surface area (Å²) in [6, 6.07) is 28.0. The summed E-state index contributed by atoms with van der Waals surface area (Å²) < 4.78 is 2.28. The number of unbranched alkanes of at least 4 members (excludes halogenated alkanes) is 2. The molecule has 0 bridgehead atoms. The van der Waals surface area contributed by atoms with Crippen molar-refractivity contribution in [2.75, 3.05) is 13.1 Å². The van der Waals surface area contributed by atoms with Gasteiger partial charge < -0.3 is 15.2 Å². The van der Waals surface area contributed by atoms with Crippen LogP contribution in [0.2, 0.25) is 0 Å². The van der Waals surface area contributed by atoms with Gasteiger partial charge in [-0.15, -0.1) is 0 Å². The Morgan fingerprint density at radius 1 is 0.667 bits per heavy atom. The number of amides is 2. The largest absolute Gasteiger partial charge is 0.352 e. The van der Waals surface area contributed by atoms with Crippen molar-refractivity contribution in [2.45, 2.75) is 32.7 Å². The lowest BCUT2D eigenvalue weighted by atomic mass is 10.0. The minimum Gasteiger partial charge on any atom is -0.352 e. The monoisotopic (exact) mass is 477 g/mol. The van der Waals surface area contributed by atoms with Crippen molar-refractivity contribution in [3.63, 3.8) is 0 Å². The van der Waals surface area contributed by atoms with Crippen LogP contribution in [0.5, 0.6) is 0 Å². The number of carbonyl (C=O) groups is 2. The molecule has 0 atom stereocenters. The molecule has 5 aromatic rings. The molecule has 0 spiro atoms. The van der Waals surface area contributed by atoms with Gasteiger partial charge in [0.15, 0.2) is 0 Å². The molecule has 2 amide bonds. The third-order valence-corrected chi connectivity index (χ3v) is 6.81. The number of nitrogens with one attached hydrogen (secondary N) is 2. The molecule has 0 saturated carbocycles. The van der Waals surface area contributed by atoms with Crippen LogP contribution in [-0.2, 0) is 6.54 Å². The van der Waals surface area contributed by atoms with E-state index in [1.54, 1.807) is 0 Å². The molecule has 0 saturated heterocycles. The standard InChI is InChI=1S/C31H31N3O2/c1-2-34-28-16-7-6-14-25(28)27-21-23(17-18-29(27)34)30(35)32-19-8-3-9-20-33-31(36)26-15-10-12-22-11-4-5-13-24(22)26/h4-7,10-18,21H,2-3,8-9,19-20H2,1H3,(H,32,35)(H,33,36). The van der Waals surface area contributed by atoms with E-state index in [9.17, 15) is 9.59 Å². The van der Waals surface area contributed by atoms with Gasteiger partial charge in [0.1, 0.15) is 0 Å². The molecule has 5 rings (SSSR count). The molecule has 36 heavy (non-hydrogen) atoms. The van der Waals surface area contributed by atoms with Crippen LogP contribution >= 0.6 is 0 Å². The Morgan fingerprint density at radius 3 is 2.14 bits per heavy atom. The molecule has 4 aromatic carbocycles. The molecule has 0 aliphatic carbocycles. The SMILES string of the molecule is CCn1c2ccccc2c2cc(C(=O)NCCCCCNC(=O)c3cccc4ccccc34)ccc21. The van der Waals surface area contributed by atoms with Crippen molar-refractivity contribution in [1.29, 1.82) is 0 Å². The van der Waals surface area contributed by atoms with Gasteiger partial charge in [0.2, 0.25) is 0 Å². The van der Waals surface area contributed by atoms with Gasteiger partial charge in [0.05, 0.1) is 0 Å². The smallest absolute Gasteiger partial charge is 0.251 e. The van der Waals surface area contributed by atoms with E-state index in [2.05, 4.69) is 40.3 Å². The maximum Gasteiger partial charge on any atom is 0.251 e. The Kier molecular flexibility index (Phi) is 6.99. The third kappa shape index (κ3) is 4.69. The van der Waals surface area contributed by atoms with E-state index in [-0.39, 0.29) is 11.8 Å². The van der Waals surface area contributed by atoms with Crippen molar-refractivity contribution in [2.24, 2.45) is 0 Å². The quantitative estimate of drug-likeness (QED) is 0.245. The number of carbonyl (C=O) groups excluding carboxylic acids is 2. The van der Waals surface area contributed by atoms with E-state index in [0.29, 0.717) is 24.2 Å². The number of para-hydroxylation sites is 1. The average molecular weight is 478 g/mol. The highest BCUT2D eigenvalue weighted by atomic mass is 16.2. The number of aromatic nitrogens is 1. The van der Waals surface area contributed by atoms with E-state index < -0.39 is 0 Å². The third-order valence-electron chi connectivity index (χ3n) is 6.81. The molecular formula is C31H31N3O2. The maximum absolute atomic E-state index is 12.8. The molecule has 2 N–H and O–H groups in total. The van der Waals surface area contributed by atoms with Crippen molar-refractivity contribution >= 4 is 44.4 Å². The zero-order chi connectivity index (χ0) is 24.9. The maximum atomic E-state index is 12.8. The first kappa shape index (κ1) is 23.6. The topological polar surface area (TPSA) is 63.1 Å². The van der Waals surface area contributed by atoms with Crippen molar-refractivity contribution in [3.8, 4) is 0 Å². The second-order valence-electron chi connectivity index (χ2n) is 9.09. The molecule has 0 aliphatic rings. The van der Waals surface area contributed by atoms with Crippen molar-refractivity contribution in [1.82, 2.24) is 15.2 Å². The van der Waals surface area contributed by atoms with Crippen LogP contribution in [0, 0.1) is 0 Å². The van der Waals surface area contributed by atoms with Crippen molar-refractivity contribution in [3.05, 3.63) is 96.1 Å². The minimum atomic E-state index is -0.0468. The van der Waals surface area contributed by atoms with Crippen LogP contribution in [-0.4, -0.2) is 29.5 Å². The zero-order valence-corrected chi connectivity index (χ0v) is 20.6. The number of rotatable bonds is 9. The molecular weight excluding hydrogens is 446 g/mol. The van der Waals surface area contributed by atoms with Crippen LogP contribution in [0.3, 0.4) is 0 Å². The van der Waals surface area contributed by atoms with E-state index >= 15 is 0 Å². The van der Waals surface area contributed by atoms with E-state index in [4.69, 9.17) is 0 Å². The van der Waals surface area contributed by atoms with Crippen LogP contribution < -0.4 is 10.6 Å². The van der Waals surface area contributed by atoms with Gasteiger partial charge in [-0.05, 0) is 67.3 Å². The fraction of sp³-hybridized carbons (Fsp3) is 0.226. The fourth-order valence-corrected chi connectivity index (χ4v) is 4.99. The summed E-state index contributed by atoms with van der Waals surface area (Å²) in [7, 11) is 0. The zero-order valence-electron chi connectivity index (χ0n) is 20.6. The predicted molar refractivity (Wildman–Crippen MR) is 148 cm³/mol. The van der Waals surface area contributed by atoms with Gasteiger partial charge >= 0.3 is 0 Å². The number of hydrogen-bond donors (Lipinski definition) is 2. The Hall–Kier alpha value is -4.12. The first-order chi connectivity index (χ1) is 17.7. The van der Waals surface area contributed by atoms with Gasteiger partial charge in [-0.2, -0.15) is 0 Å². The summed E-state index contributed by atoms with van der Waals surface area (Å²) in [6.07, 6.45) is 2.67. The van der Waals surface area contributed by atoms with Crippen molar-refractivity contribution < 1.29 is 9.59 Å². The Bertz CT molecular complexity index is 1540. The number of aryl methyl sites for hydroxylation is 1. The lowest BCUT2D eigenvalue weighted by molar-refractivity contribution is 0.0948. The first-order valence-electron chi connectivity index (χ1n) is 12.7. The molecule has 0 fully saturated rings. The highest BCUT2D eigenvalue weighted by Crippen LogP contribution is 2.29. The van der Waals surface area contributed by atoms with Crippen LogP contribution in [0.4, 0.5) is 0 Å². The Balaban J connectivity index is 1.10. The molecule has 0 aliphatic heterocycles. The van der Waals surface area contributed by atoms with E-state index in [1.807, 2.05) is 66.7 Å². The molecule has 1 heterocycles. The van der Waals surface area contributed by atoms with Gasteiger partial charge in [-0.3, -0.25) is 9.59 Å². The first-order valence-corrected chi connectivity index (χ1v) is 12.7. The summed E-state index contributed by atoms with van der Waals surface area (Å²) in [5, 5.41) is 10.4. The molecule has 1 aromatic heterocycles.